The van der Waals surface area contributed by atoms with Gasteiger partial charge in [0.15, 0.2) is 20.8 Å². The maximum atomic E-state index is 14.1. The lowest BCUT2D eigenvalue weighted by molar-refractivity contribution is 0.513. The average Bonchev–Trinajstić information content (AvgIpc) is 3.31. The molecule has 34 heavy (non-hydrogen) atoms. The molecule has 0 aliphatic carbocycles. The Morgan fingerprint density at radius 1 is 0.676 bits per heavy atom. The fraction of sp³-hybridized carbons (Fsp3) is 0.0690. The van der Waals surface area contributed by atoms with Crippen molar-refractivity contribution in [3.8, 4) is 22.7 Å². The fourth-order valence-corrected chi connectivity index (χ4v) is 5.72. The van der Waals surface area contributed by atoms with Crippen LogP contribution in [0.25, 0.3) is 22.7 Å². The van der Waals surface area contributed by atoms with E-state index in [0.717, 1.165) is 16.7 Å². The van der Waals surface area contributed by atoms with E-state index in [1.807, 2.05) is 110 Å². The zero-order valence-corrected chi connectivity index (χ0v) is 19.4. The number of hydrogen-bond donors (Lipinski definition) is 0. The van der Waals surface area contributed by atoms with E-state index < -0.39 is 15.1 Å². The van der Waals surface area contributed by atoms with E-state index in [-0.39, 0.29) is 4.90 Å². The van der Waals surface area contributed by atoms with Gasteiger partial charge in [0.05, 0.1) is 4.90 Å². The first kappa shape index (κ1) is 21.9. The first-order chi connectivity index (χ1) is 16.5. The van der Waals surface area contributed by atoms with E-state index in [2.05, 4.69) is 0 Å². The van der Waals surface area contributed by atoms with Crippen LogP contribution in [0.5, 0.6) is 0 Å². The van der Waals surface area contributed by atoms with Crippen LogP contribution in [0.4, 0.5) is 0 Å². The topological polar surface area (TPSA) is 60.2 Å². The van der Waals surface area contributed by atoms with Crippen LogP contribution in [-0.4, -0.2) is 13.4 Å². The standard InChI is InChI=1S/C29H23NO3S/c1-21-17-19-25(20-18-21)34(31,32)28(23-13-7-3-8-14-23)27-26(22-11-5-2-6-12-22)30-29(33-27)24-15-9-4-10-16-24/h2-20,28H,1H3. The van der Waals surface area contributed by atoms with Crippen molar-refractivity contribution in [1.82, 2.24) is 4.98 Å². The lowest BCUT2D eigenvalue weighted by atomic mass is 10.0. The van der Waals surface area contributed by atoms with Crippen molar-refractivity contribution in [2.75, 3.05) is 0 Å². The minimum absolute atomic E-state index is 0.239. The largest absolute Gasteiger partial charge is 0.439 e. The molecule has 0 radical (unpaired) electrons. The van der Waals surface area contributed by atoms with Crippen molar-refractivity contribution < 1.29 is 12.8 Å². The molecule has 1 atom stereocenters. The first-order valence-corrected chi connectivity index (χ1v) is 12.6. The summed E-state index contributed by atoms with van der Waals surface area (Å²) in [6.07, 6.45) is 0. The smallest absolute Gasteiger partial charge is 0.226 e. The Kier molecular flexibility index (Phi) is 5.86. The minimum atomic E-state index is -3.86. The Morgan fingerprint density at radius 3 is 1.79 bits per heavy atom. The lowest BCUT2D eigenvalue weighted by Crippen LogP contribution is -2.15. The highest BCUT2D eigenvalue weighted by atomic mass is 32.2. The van der Waals surface area contributed by atoms with Crippen molar-refractivity contribution in [3.05, 3.63) is 132 Å². The molecule has 0 aliphatic rings. The highest BCUT2D eigenvalue weighted by Gasteiger charge is 2.37. The van der Waals surface area contributed by atoms with Gasteiger partial charge in [0.2, 0.25) is 5.89 Å². The summed E-state index contributed by atoms with van der Waals surface area (Å²) in [4.78, 5) is 5.03. The van der Waals surface area contributed by atoms with Gasteiger partial charge in [-0.1, -0.05) is 96.6 Å². The number of nitrogens with zero attached hydrogens (tertiary/aromatic N) is 1. The molecule has 0 fully saturated rings. The first-order valence-electron chi connectivity index (χ1n) is 11.0. The summed E-state index contributed by atoms with van der Waals surface area (Å²) in [5.41, 5.74) is 3.71. The van der Waals surface area contributed by atoms with Crippen molar-refractivity contribution >= 4 is 9.84 Å². The molecule has 1 unspecified atom stereocenters. The number of sulfone groups is 1. The van der Waals surface area contributed by atoms with Crippen molar-refractivity contribution in [3.63, 3.8) is 0 Å². The van der Waals surface area contributed by atoms with Crippen LogP contribution < -0.4 is 0 Å². The fourth-order valence-electron chi connectivity index (χ4n) is 3.98. The van der Waals surface area contributed by atoms with E-state index in [0.29, 0.717) is 22.9 Å². The highest BCUT2D eigenvalue weighted by molar-refractivity contribution is 7.91. The Hall–Kier alpha value is -3.96. The van der Waals surface area contributed by atoms with E-state index in [1.54, 1.807) is 12.1 Å². The van der Waals surface area contributed by atoms with Crippen LogP contribution in [-0.2, 0) is 9.84 Å². The number of oxazole rings is 1. The summed E-state index contributed by atoms with van der Waals surface area (Å²) in [6.45, 7) is 1.93. The molecule has 5 aromatic rings. The van der Waals surface area contributed by atoms with Crippen LogP contribution in [0, 0.1) is 6.92 Å². The summed E-state index contributed by atoms with van der Waals surface area (Å²) in [7, 11) is -3.86. The molecule has 0 bridgehead atoms. The van der Waals surface area contributed by atoms with Crippen LogP contribution in [0.2, 0.25) is 0 Å². The van der Waals surface area contributed by atoms with Crippen LogP contribution >= 0.6 is 0 Å². The summed E-state index contributed by atoms with van der Waals surface area (Å²) in [5.74, 6) is 0.686. The Balaban J connectivity index is 1.78. The Morgan fingerprint density at radius 2 is 1.21 bits per heavy atom. The van der Waals surface area contributed by atoms with Gasteiger partial charge in [-0.05, 0) is 36.8 Å². The Labute approximate surface area is 199 Å². The zero-order valence-electron chi connectivity index (χ0n) is 18.6. The number of aryl methyl sites for hydroxylation is 1. The number of rotatable bonds is 6. The molecule has 0 spiro atoms. The van der Waals surface area contributed by atoms with Gasteiger partial charge in [0.1, 0.15) is 5.69 Å². The van der Waals surface area contributed by atoms with Crippen molar-refractivity contribution in [1.29, 1.82) is 0 Å². The molecule has 0 aliphatic heterocycles. The van der Waals surface area contributed by atoms with E-state index in [1.165, 1.54) is 0 Å². The summed E-state index contributed by atoms with van der Waals surface area (Å²) < 4.78 is 34.5. The third-order valence-corrected chi connectivity index (χ3v) is 7.76. The van der Waals surface area contributed by atoms with Crippen molar-refractivity contribution in [2.24, 2.45) is 0 Å². The van der Waals surface area contributed by atoms with Gasteiger partial charge in [-0.3, -0.25) is 0 Å². The van der Waals surface area contributed by atoms with Gasteiger partial charge in [-0.25, -0.2) is 13.4 Å². The van der Waals surface area contributed by atoms with Gasteiger partial charge < -0.3 is 4.42 Å². The molecule has 4 nitrogen and oxygen atoms in total. The molecular weight excluding hydrogens is 442 g/mol. The molecule has 5 rings (SSSR count). The lowest BCUT2D eigenvalue weighted by Gasteiger charge is -2.18. The van der Waals surface area contributed by atoms with Gasteiger partial charge in [0.25, 0.3) is 0 Å². The molecule has 4 aromatic carbocycles. The highest BCUT2D eigenvalue weighted by Crippen LogP contribution is 2.42. The maximum absolute atomic E-state index is 14.1. The number of benzene rings is 4. The van der Waals surface area contributed by atoms with Crippen LogP contribution in [0.3, 0.4) is 0 Å². The predicted octanol–water partition coefficient (Wildman–Crippen LogP) is 6.88. The quantitative estimate of drug-likeness (QED) is 0.274. The maximum Gasteiger partial charge on any atom is 0.226 e. The minimum Gasteiger partial charge on any atom is -0.439 e. The molecule has 0 N–H and O–H groups in total. The van der Waals surface area contributed by atoms with Gasteiger partial charge in [-0.15, -0.1) is 0 Å². The summed E-state index contributed by atoms with van der Waals surface area (Å²) in [5, 5.41) is -1.06. The van der Waals surface area contributed by atoms with E-state index in [9.17, 15) is 8.42 Å². The number of aromatic nitrogens is 1. The van der Waals surface area contributed by atoms with Crippen LogP contribution in [0.15, 0.2) is 125 Å². The van der Waals surface area contributed by atoms with Gasteiger partial charge in [0, 0.05) is 11.1 Å². The Bertz CT molecular complexity index is 1490. The average molecular weight is 466 g/mol. The molecule has 1 aromatic heterocycles. The molecule has 0 saturated heterocycles. The summed E-state index contributed by atoms with van der Waals surface area (Å²) >= 11 is 0. The second-order valence-electron chi connectivity index (χ2n) is 8.11. The van der Waals surface area contributed by atoms with Crippen LogP contribution in [0.1, 0.15) is 22.1 Å². The third-order valence-electron chi connectivity index (χ3n) is 5.72. The zero-order chi connectivity index (χ0) is 23.5. The van der Waals surface area contributed by atoms with E-state index in [4.69, 9.17) is 9.40 Å². The monoisotopic (exact) mass is 465 g/mol. The predicted molar refractivity (Wildman–Crippen MR) is 134 cm³/mol. The molecular formula is C29H23NO3S. The normalized spacial score (nSPS) is 12.4. The van der Waals surface area contributed by atoms with E-state index >= 15 is 0 Å². The second-order valence-corrected chi connectivity index (χ2v) is 10.1. The molecule has 0 saturated carbocycles. The summed E-state index contributed by atoms with van der Waals surface area (Å²) in [6, 6.07) is 35.2. The van der Waals surface area contributed by atoms with Crippen molar-refractivity contribution in [2.45, 2.75) is 17.1 Å². The third kappa shape index (κ3) is 4.18. The second kappa shape index (κ2) is 9.12. The van der Waals surface area contributed by atoms with Gasteiger partial charge in [-0.2, -0.15) is 0 Å². The number of hydrogen-bond acceptors (Lipinski definition) is 4. The van der Waals surface area contributed by atoms with Gasteiger partial charge >= 0.3 is 0 Å². The molecule has 0 amide bonds. The molecule has 1 heterocycles. The SMILES string of the molecule is Cc1ccc(S(=O)(=O)C(c2ccccc2)c2oc(-c3ccccc3)nc2-c2ccccc2)cc1. The molecule has 5 heteroatoms. The molecule has 168 valence electrons.